The lowest BCUT2D eigenvalue weighted by Gasteiger charge is -2.08. The van der Waals surface area contributed by atoms with E-state index in [1.54, 1.807) is 7.05 Å². The maximum atomic E-state index is 11.3. The molecule has 1 aromatic heterocycles. The Morgan fingerprint density at radius 3 is 2.94 bits per heavy atom. The highest BCUT2D eigenvalue weighted by molar-refractivity contribution is 7.99. The summed E-state index contributed by atoms with van der Waals surface area (Å²) in [6.45, 7) is 0.710. The van der Waals surface area contributed by atoms with Gasteiger partial charge < -0.3 is 5.32 Å². The van der Waals surface area contributed by atoms with Crippen molar-refractivity contribution in [3.63, 3.8) is 0 Å². The topological polar surface area (TPSA) is 62.7 Å². The largest absolute Gasteiger partial charge is 0.343 e. The zero-order valence-corrected chi connectivity index (χ0v) is 11.6. The molecule has 2 N–H and O–H groups in total. The van der Waals surface area contributed by atoms with Crippen LogP contribution in [-0.4, -0.2) is 21.8 Å². The van der Waals surface area contributed by atoms with E-state index in [1.807, 2.05) is 25.2 Å². The molecule has 0 aliphatic carbocycles. The Morgan fingerprint density at radius 1 is 1.56 bits per heavy atom. The molecular weight excluding hydrogens is 272 g/mol. The van der Waals surface area contributed by atoms with E-state index in [4.69, 9.17) is 11.6 Å². The Balaban J connectivity index is 2.33. The number of hydrogen-bond acceptors (Lipinski definition) is 4. The van der Waals surface area contributed by atoms with Crippen molar-refractivity contribution in [1.82, 2.24) is 20.1 Å². The molecule has 0 spiro atoms. The molecule has 0 unspecified atom stereocenters. The third-order valence-corrected chi connectivity index (χ3v) is 3.83. The van der Waals surface area contributed by atoms with Crippen molar-refractivity contribution < 1.29 is 0 Å². The van der Waals surface area contributed by atoms with E-state index in [0.29, 0.717) is 16.7 Å². The zero-order valence-electron chi connectivity index (χ0n) is 10.0. The summed E-state index contributed by atoms with van der Waals surface area (Å²) >= 11 is 7.41. The van der Waals surface area contributed by atoms with E-state index in [1.165, 1.54) is 16.3 Å². The molecule has 1 aromatic carbocycles. The second kappa shape index (κ2) is 5.60. The number of hydrogen-bond donors (Lipinski definition) is 2. The van der Waals surface area contributed by atoms with Crippen molar-refractivity contribution in [3.05, 3.63) is 39.3 Å². The number of aromatic amines is 1. The molecule has 1 heterocycles. The van der Waals surface area contributed by atoms with Crippen LogP contribution < -0.4 is 11.0 Å². The molecule has 5 nitrogen and oxygen atoms in total. The van der Waals surface area contributed by atoms with Crippen molar-refractivity contribution in [2.45, 2.75) is 16.6 Å². The molecule has 0 aliphatic heterocycles. The summed E-state index contributed by atoms with van der Waals surface area (Å²) in [5, 5.41) is 10.8. The fourth-order valence-corrected chi connectivity index (χ4v) is 2.60. The SMILES string of the molecule is CNCc1cc(Cl)ccc1Sc1n[nH]c(=O)n1C. The fraction of sp³-hybridized carbons (Fsp3) is 0.273. The van der Waals surface area contributed by atoms with Crippen molar-refractivity contribution >= 4 is 23.4 Å². The van der Waals surface area contributed by atoms with Crippen molar-refractivity contribution in [1.29, 1.82) is 0 Å². The molecule has 0 bridgehead atoms. The van der Waals surface area contributed by atoms with Crippen LogP contribution in [0.15, 0.2) is 33.0 Å². The average molecular weight is 285 g/mol. The Bertz CT molecular complexity index is 607. The molecule has 2 aromatic rings. The minimum absolute atomic E-state index is 0.221. The Labute approximate surface area is 114 Å². The van der Waals surface area contributed by atoms with E-state index >= 15 is 0 Å². The van der Waals surface area contributed by atoms with Crippen molar-refractivity contribution in [3.8, 4) is 0 Å². The lowest BCUT2D eigenvalue weighted by atomic mass is 10.2. The smallest absolute Gasteiger partial charge is 0.316 e. The minimum atomic E-state index is -0.221. The van der Waals surface area contributed by atoms with Crippen LogP contribution in [0.1, 0.15) is 5.56 Å². The van der Waals surface area contributed by atoms with Gasteiger partial charge in [-0.1, -0.05) is 11.6 Å². The second-order valence-corrected chi connectivity index (χ2v) is 5.20. The molecular formula is C11H13ClN4OS. The van der Waals surface area contributed by atoms with Gasteiger partial charge in [-0.05, 0) is 42.6 Å². The number of nitrogens with zero attached hydrogens (tertiary/aromatic N) is 2. The average Bonchev–Trinajstić information content (AvgIpc) is 2.65. The number of H-pyrrole nitrogens is 1. The maximum absolute atomic E-state index is 11.3. The third-order valence-electron chi connectivity index (χ3n) is 2.43. The number of halogens is 1. The lowest BCUT2D eigenvalue weighted by Crippen LogP contribution is -2.13. The van der Waals surface area contributed by atoms with E-state index in [9.17, 15) is 4.79 Å². The van der Waals surface area contributed by atoms with Gasteiger partial charge in [-0.25, -0.2) is 9.89 Å². The zero-order chi connectivity index (χ0) is 13.1. The van der Waals surface area contributed by atoms with E-state index in [-0.39, 0.29) is 5.69 Å². The standard InChI is InChI=1S/C11H13ClN4OS/c1-13-6-7-5-8(12)3-4-9(7)18-11-15-14-10(17)16(11)2/h3-5,13H,6H2,1-2H3,(H,14,17). The predicted molar refractivity (Wildman–Crippen MR) is 72.2 cm³/mol. The van der Waals surface area contributed by atoms with Crippen molar-refractivity contribution in [2.75, 3.05) is 7.05 Å². The quantitative estimate of drug-likeness (QED) is 0.896. The number of rotatable bonds is 4. The molecule has 0 radical (unpaired) electrons. The third kappa shape index (κ3) is 2.77. The van der Waals surface area contributed by atoms with Gasteiger partial charge in [-0.3, -0.25) is 4.57 Å². The van der Waals surface area contributed by atoms with E-state index < -0.39 is 0 Å². The summed E-state index contributed by atoms with van der Waals surface area (Å²) in [5.74, 6) is 0. The summed E-state index contributed by atoms with van der Waals surface area (Å²) < 4.78 is 1.47. The second-order valence-electron chi connectivity index (χ2n) is 3.75. The first kappa shape index (κ1) is 13.2. The summed E-state index contributed by atoms with van der Waals surface area (Å²) in [7, 11) is 3.56. The Kier molecular flexibility index (Phi) is 4.11. The van der Waals surface area contributed by atoms with Crippen LogP contribution in [-0.2, 0) is 13.6 Å². The molecule has 0 aliphatic rings. The van der Waals surface area contributed by atoms with Gasteiger partial charge in [-0.15, -0.1) is 5.10 Å². The fourth-order valence-electron chi connectivity index (χ4n) is 1.50. The van der Waals surface area contributed by atoms with Gasteiger partial charge >= 0.3 is 5.69 Å². The minimum Gasteiger partial charge on any atom is -0.316 e. The van der Waals surface area contributed by atoms with Gasteiger partial charge in [0.15, 0.2) is 5.16 Å². The van der Waals surface area contributed by atoms with Crippen LogP contribution in [0.4, 0.5) is 0 Å². The Morgan fingerprint density at radius 2 is 2.33 bits per heavy atom. The van der Waals surface area contributed by atoms with Gasteiger partial charge in [0, 0.05) is 23.5 Å². The molecule has 7 heteroatoms. The first-order valence-electron chi connectivity index (χ1n) is 5.34. The van der Waals surface area contributed by atoms with Crippen LogP contribution in [0.5, 0.6) is 0 Å². The summed E-state index contributed by atoms with van der Waals surface area (Å²) in [6, 6.07) is 5.66. The lowest BCUT2D eigenvalue weighted by molar-refractivity contribution is 0.763. The summed E-state index contributed by atoms with van der Waals surface area (Å²) in [5.41, 5.74) is 0.854. The van der Waals surface area contributed by atoms with Crippen LogP contribution in [0.3, 0.4) is 0 Å². The van der Waals surface area contributed by atoms with Gasteiger partial charge in [0.05, 0.1) is 0 Å². The summed E-state index contributed by atoms with van der Waals surface area (Å²) in [6.07, 6.45) is 0. The highest BCUT2D eigenvalue weighted by atomic mass is 35.5. The monoisotopic (exact) mass is 284 g/mol. The van der Waals surface area contributed by atoms with Crippen LogP contribution in [0.25, 0.3) is 0 Å². The highest BCUT2D eigenvalue weighted by Crippen LogP contribution is 2.29. The number of nitrogens with one attached hydrogen (secondary N) is 2. The van der Waals surface area contributed by atoms with Crippen LogP contribution in [0.2, 0.25) is 5.02 Å². The molecule has 0 amide bonds. The molecule has 0 saturated heterocycles. The first-order chi connectivity index (χ1) is 8.61. The molecule has 18 heavy (non-hydrogen) atoms. The predicted octanol–water partition coefficient (Wildman–Crippen LogP) is 1.63. The molecule has 0 saturated carbocycles. The van der Waals surface area contributed by atoms with Gasteiger partial charge in [0.2, 0.25) is 0 Å². The molecule has 0 atom stereocenters. The highest BCUT2D eigenvalue weighted by Gasteiger charge is 2.10. The van der Waals surface area contributed by atoms with Gasteiger partial charge in [-0.2, -0.15) is 0 Å². The van der Waals surface area contributed by atoms with Crippen LogP contribution in [0, 0.1) is 0 Å². The van der Waals surface area contributed by atoms with E-state index in [0.717, 1.165) is 10.5 Å². The number of aromatic nitrogens is 3. The van der Waals surface area contributed by atoms with Crippen LogP contribution >= 0.6 is 23.4 Å². The van der Waals surface area contributed by atoms with E-state index in [2.05, 4.69) is 15.5 Å². The van der Waals surface area contributed by atoms with Crippen molar-refractivity contribution in [2.24, 2.45) is 7.05 Å². The molecule has 2 rings (SSSR count). The normalized spacial score (nSPS) is 10.8. The molecule has 0 fully saturated rings. The first-order valence-corrected chi connectivity index (χ1v) is 6.53. The van der Waals surface area contributed by atoms with Gasteiger partial charge in [0.1, 0.15) is 0 Å². The maximum Gasteiger partial charge on any atom is 0.343 e. The summed E-state index contributed by atoms with van der Waals surface area (Å²) in [4.78, 5) is 12.3. The Hall–Kier alpha value is -1.24. The molecule has 96 valence electrons. The van der Waals surface area contributed by atoms with Gasteiger partial charge in [0.25, 0.3) is 0 Å². The number of benzene rings is 1.